The Hall–Kier alpha value is -1.59. The van der Waals surface area contributed by atoms with Crippen LogP contribution in [0.15, 0.2) is 0 Å². The first-order chi connectivity index (χ1) is 9.77. The minimum atomic E-state index is -1.04. The number of nitrogens with zero attached hydrogens (tertiary/aromatic N) is 1. The van der Waals surface area contributed by atoms with Crippen molar-refractivity contribution >= 4 is 17.8 Å². The van der Waals surface area contributed by atoms with E-state index in [0.29, 0.717) is 6.54 Å². The van der Waals surface area contributed by atoms with Crippen molar-refractivity contribution in [3.05, 3.63) is 0 Å². The molecule has 1 fully saturated rings. The van der Waals surface area contributed by atoms with Crippen LogP contribution in [0.5, 0.6) is 0 Å². The van der Waals surface area contributed by atoms with E-state index in [2.05, 4.69) is 12.2 Å². The average Bonchev–Trinajstić information content (AvgIpc) is 2.77. The zero-order valence-electron chi connectivity index (χ0n) is 13.3. The van der Waals surface area contributed by atoms with Crippen LogP contribution in [0.25, 0.3) is 0 Å². The molecule has 2 unspecified atom stereocenters. The van der Waals surface area contributed by atoms with Crippen LogP contribution in [0.3, 0.4) is 0 Å². The van der Waals surface area contributed by atoms with E-state index in [-0.39, 0.29) is 30.2 Å². The lowest BCUT2D eigenvalue weighted by molar-refractivity contribution is -0.143. The summed E-state index contributed by atoms with van der Waals surface area (Å²) in [4.78, 5) is 37.0. The van der Waals surface area contributed by atoms with Crippen molar-refractivity contribution in [3.63, 3.8) is 0 Å². The zero-order valence-corrected chi connectivity index (χ0v) is 13.3. The summed E-state index contributed by atoms with van der Waals surface area (Å²) in [7, 11) is 0. The Morgan fingerprint density at radius 1 is 1.38 bits per heavy atom. The van der Waals surface area contributed by atoms with E-state index in [0.717, 1.165) is 12.8 Å². The van der Waals surface area contributed by atoms with E-state index < -0.39 is 17.9 Å². The number of likely N-dealkylation sites (tertiary alicyclic amines) is 1. The first-order valence-corrected chi connectivity index (χ1v) is 7.60. The van der Waals surface area contributed by atoms with Crippen molar-refractivity contribution in [2.75, 3.05) is 6.54 Å². The van der Waals surface area contributed by atoms with Gasteiger partial charge in [-0.05, 0) is 19.3 Å². The van der Waals surface area contributed by atoms with Crippen LogP contribution < -0.4 is 5.32 Å². The largest absolute Gasteiger partial charge is 0.480 e. The number of carboxylic acids is 1. The number of hydrogen-bond donors (Lipinski definition) is 2. The summed E-state index contributed by atoms with van der Waals surface area (Å²) >= 11 is 0. The molecule has 3 atom stereocenters. The van der Waals surface area contributed by atoms with Crippen molar-refractivity contribution in [2.24, 2.45) is 11.8 Å². The molecule has 0 radical (unpaired) electrons. The number of aliphatic carboxylic acids is 1. The molecule has 6 heteroatoms. The van der Waals surface area contributed by atoms with Crippen molar-refractivity contribution in [3.8, 4) is 0 Å². The van der Waals surface area contributed by atoms with Crippen LogP contribution >= 0.6 is 0 Å². The summed E-state index contributed by atoms with van der Waals surface area (Å²) in [5, 5.41) is 11.7. The van der Waals surface area contributed by atoms with Gasteiger partial charge in [0.15, 0.2) is 0 Å². The Kier molecular flexibility index (Phi) is 6.18. The van der Waals surface area contributed by atoms with Gasteiger partial charge in [0.05, 0.1) is 5.92 Å². The second kappa shape index (κ2) is 7.43. The molecule has 21 heavy (non-hydrogen) atoms. The van der Waals surface area contributed by atoms with Gasteiger partial charge in [-0.25, -0.2) is 4.79 Å². The molecule has 1 aliphatic rings. The average molecular weight is 298 g/mol. The number of carbonyl (C=O) groups excluding carboxylic acids is 2. The number of carboxylic acid groups (broad SMARTS) is 1. The maximum absolute atomic E-state index is 12.2. The third-order valence-corrected chi connectivity index (χ3v) is 4.00. The van der Waals surface area contributed by atoms with Crippen molar-refractivity contribution in [2.45, 2.75) is 59.0 Å². The molecule has 0 spiro atoms. The molecule has 0 aromatic rings. The molecule has 1 heterocycles. The highest BCUT2D eigenvalue weighted by molar-refractivity contribution is 5.91. The van der Waals surface area contributed by atoms with Crippen molar-refractivity contribution in [1.82, 2.24) is 10.2 Å². The minimum absolute atomic E-state index is 0.0208. The summed E-state index contributed by atoms with van der Waals surface area (Å²) in [6.07, 6.45) is 2.06. The van der Waals surface area contributed by atoms with Gasteiger partial charge in [-0.15, -0.1) is 0 Å². The lowest BCUT2D eigenvalue weighted by atomic mass is 10.0. The molecule has 0 aromatic carbocycles. The van der Waals surface area contributed by atoms with E-state index in [9.17, 15) is 14.4 Å². The number of nitrogens with one attached hydrogen (secondary N) is 1. The molecule has 2 amide bonds. The van der Waals surface area contributed by atoms with Crippen LogP contribution in [-0.4, -0.2) is 46.4 Å². The van der Waals surface area contributed by atoms with E-state index in [4.69, 9.17) is 5.11 Å². The van der Waals surface area contributed by atoms with E-state index in [1.165, 1.54) is 0 Å². The van der Waals surface area contributed by atoms with E-state index >= 15 is 0 Å². The molecule has 1 aliphatic heterocycles. The summed E-state index contributed by atoms with van der Waals surface area (Å²) in [6, 6.07) is -0.782. The van der Waals surface area contributed by atoms with Crippen LogP contribution in [0, 0.1) is 11.8 Å². The fraction of sp³-hybridized carbons (Fsp3) is 0.800. The Morgan fingerprint density at radius 3 is 2.48 bits per heavy atom. The lowest BCUT2D eigenvalue weighted by Crippen LogP contribution is -2.47. The minimum Gasteiger partial charge on any atom is -0.480 e. The quantitative estimate of drug-likeness (QED) is 0.740. The smallest absolute Gasteiger partial charge is 0.326 e. The van der Waals surface area contributed by atoms with Gasteiger partial charge < -0.3 is 15.3 Å². The molecular weight excluding hydrogens is 272 g/mol. The molecule has 0 aromatic heterocycles. The van der Waals surface area contributed by atoms with Gasteiger partial charge in [-0.1, -0.05) is 27.2 Å². The van der Waals surface area contributed by atoms with E-state index in [1.807, 2.05) is 6.92 Å². The predicted octanol–water partition coefficient (Wildman–Crippen LogP) is 1.25. The molecule has 6 nitrogen and oxygen atoms in total. The maximum atomic E-state index is 12.2. The Bertz CT molecular complexity index is 408. The summed E-state index contributed by atoms with van der Waals surface area (Å²) in [5.74, 6) is -2.04. The molecule has 1 rings (SSSR count). The standard InChI is InChI=1S/C15H26N2O4/c1-5-6-10(4)17-8-11(7-12(17)18)14(19)16-13(9(2)3)15(20)21/h9-11,13H,5-8H2,1-4H3,(H,16,19)(H,20,21)/t10?,11?,13-/m0/s1. The number of rotatable bonds is 7. The SMILES string of the molecule is CCCC(C)N1CC(C(=O)N[C@H](C(=O)O)C(C)C)CC1=O. The van der Waals surface area contributed by atoms with Gasteiger partial charge >= 0.3 is 5.97 Å². The van der Waals surface area contributed by atoms with E-state index in [1.54, 1.807) is 18.7 Å². The van der Waals surface area contributed by atoms with Crippen LogP contribution in [0.1, 0.15) is 47.0 Å². The first-order valence-electron chi connectivity index (χ1n) is 7.60. The molecule has 120 valence electrons. The fourth-order valence-corrected chi connectivity index (χ4v) is 2.69. The molecule has 0 bridgehead atoms. The summed E-state index contributed by atoms with van der Waals surface area (Å²) < 4.78 is 0. The van der Waals surface area contributed by atoms with Gasteiger partial charge in [-0.3, -0.25) is 9.59 Å². The number of hydrogen-bond acceptors (Lipinski definition) is 3. The monoisotopic (exact) mass is 298 g/mol. The Morgan fingerprint density at radius 2 is 2.00 bits per heavy atom. The first kappa shape index (κ1) is 17.5. The summed E-state index contributed by atoms with van der Waals surface area (Å²) in [5.41, 5.74) is 0. The van der Waals surface area contributed by atoms with Gasteiger partial charge in [0.25, 0.3) is 0 Å². The van der Waals surface area contributed by atoms with Gasteiger partial charge in [-0.2, -0.15) is 0 Å². The van der Waals surface area contributed by atoms with Crippen molar-refractivity contribution in [1.29, 1.82) is 0 Å². The molecule has 0 aliphatic carbocycles. The van der Waals surface area contributed by atoms with Gasteiger partial charge in [0.1, 0.15) is 6.04 Å². The van der Waals surface area contributed by atoms with Crippen LogP contribution in [-0.2, 0) is 14.4 Å². The third kappa shape index (κ3) is 4.44. The highest BCUT2D eigenvalue weighted by Crippen LogP contribution is 2.22. The highest BCUT2D eigenvalue weighted by atomic mass is 16.4. The second-order valence-corrected chi connectivity index (χ2v) is 6.15. The van der Waals surface area contributed by atoms with Gasteiger partial charge in [0.2, 0.25) is 11.8 Å². The Labute approximate surface area is 125 Å². The molecular formula is C15H26N2O4. The molecule has 0 saturated carbocycles. The fourth-order valence-electron chi connectivity index (χ4n) is 2.69. The normalized spacial score (nSPS) is 21.5. The molecule has 1 saturated heterocycles. The number of carbonyl (C=O) groups is 3. The summed E-state index contributed by atoms with van der Waals surface area (Å²) in [6.45, 7) is 7.91. The topological polar surface area (TPSA) is 86.7 Å². The lowest BCUT2D eigenvalue weighted by Gasteiger charge is -2.25. The second-order valence-electron chi connectivity index (χ2n) is 6.15. The maximum Gasteiger partial charge on any atom is 0.326 e. The molecule has 2 N–H and O–H groups in total. The number of amides is 2. The van der Waals surface area contributed by atoms with Crippen LogP contribution in [0.2, 0.25) is 0 Å². The van der Waals surface area contributed by atoms with Crippen molar-refractivity contribution < 1.29 is 19.5 Å². The zero-order chi connectivity index (χ0) is 16.2. The predicted molar refractivity (Wildman–Crippen MR) is 78.6 cm³/mol. The van der Waals surface area contributed by atoms with Crippen LogP contribution in [0.4, 0.5) is 0 Å². The van der Waals surface area contributed by atoms with Gasteiger partial charge in [0, 0.05) is 19.0 Å². The Balaban J connectivity index is 2.64. The highest BCUT2D eigenvalue weighted by Gasteiger charge is 2.37. The third-order valence-electron chi connectivity index (χ3n) is 4.00.